The molecule has 0 saturated heterocycles. The molecule has 1 aromatic carbocycles. The smallest absolute Gasteiger partial charge is 0.353 e. The number of benzene rings is 1. The molecule has 1 N–H and O–H groups in total. The van der Waals surface area contributed by atoms with Crippen LogP contribution < -0.4 is 9.99 Å². The first-order chi connectivity index (χ1) is 15.8. The molecule has 5 atom stereocenters. The number of nitrogens with one attached hydrogen (secondary N) is 1. The van der Waals surface area contributed by atoms with Crippen molar-refractivity contribution >= 4 is 38.5 Å². The van der Waals surface area contributed by atoms with E-state index >= 15 is 0 Å². The van der Waals surface area contributed by atoms with E-state index in [0.717, 1.165) is 37.5 Å². The van der Waals surface area contributed by atoms with E-state index in [0.29, 0.717) is 23.1 Å². The maximum atomic E-state index is 13.7. The Morgan fingerprint density at radius 3 is 2.70 bits per heavy atom. The Morgan fingerprint density at radius 1 is 1.27 bits per heavy atom. The minimum atomic E-state index is -0.892. The van der Waals surface area contributed by atoms with Crippen LogP contribution in [0.1, 0.15) is 57.4 Å². The van der Waals surface area contributed by atoms with E-state index in [2.05, 4.69) is 38.5 Å². The number of thioether (sulfide) groups is 1. The van der Waals surface area contributed by atoms with Crippen LogP contribution in [0, 0.1) is 27.7 Å². The highest BCUT2D eigenvalue weighted by molar-refractivity contribution is 7.99. The number of hydrogen-bond acceptors (Lipinski definition) is 7. The summed E-state index contributed by atoms with van der Waals surface area (Å²) in [4.78, 5) is 20.8. The molecule has 7 nitrogen and oxygen atoms in total. The summed E-state index contributed by atoms with van der Waals surface area (Å²) in [5.41, 5.74) is 0.517. The van der Waals surface area contributed by atoms with Crippen LogP contribution in [-0.4, -0.2) is 32.7 Å². The second-order valence-corrected chi connectivity index (χ2v) is 10.5. The highest BCUT2D eigenvalue weighted by Crippen LogP contribution is 2.50. The number of aromatic nitrogens is 2. The highest BCUT2D eigenvalue weighted by Gasteiger charge is 2.45. The number of rotatable bonds is 9. The molecule has 33 heavy (non-hydrogen) atoms. The average molecular weight is 496 g/mol. The molecule has 2 saturated carbocycles. The quantitative estimate of drug-likeness (QED) is 0.152. The summed E-state index contributed by atoms with van der Waals surface area (Å²) in [6.45, 7) is 4.23. The van der Waals surface area contributed by atoms with Gasteiger partial charge in [-0.1, -0.05) is 31.7 Å². The first kappa shape index (κ1) is 24.1. The molecule has 0 aliphatic heterocycles. The van der Waals surface area contributed by atoms with Gasteiger partial charge < -0.3 is 9.99 Å². The van der Waals surface area contributed by atoms with Crippen molar-refractivity contribution in [3.63, 3.8) is 0 Å². The Bertz CT molecular complexity index is 1050. The van der Waals surface area contributed by atoms with Gasteiger partial charge in [0.15, 0.2) is 16.8 Å². The summed E-state index contributed by atoms with van der Waals surface area (Å²) in [6, 6.07) is 3.89. The van der Waals surface area contributed by atoms with Gasteiger partial charge in [0.05, 0.1) is 4.92 Å². The lowest BCUT2D eigenvalue weighted by atomic mass is 10.1. The second kappa shape index (κ2) is 10.1. The first-order valence-corrected chi connectivity index (χ1v) is 12.7. The summed E-state index contributed by atoms with van der Waals surface area (Å²) in [5.74, 6) is -0.00186. The predicted molar refractivity (Wildman–Crippen MR) is 130 cm³/mol. The lowest BCUT2D eigenvalue weighted by Crippen LogP contribution is -2.22. The normalized spacial score (nSPS) is 24.0. The van der Waals surface area contributed by atoms with Gasteiger partial charge in [0.2, 0.25) is 11.6 Å². The zero-order chi connectivity index (χ0) is 23.7. The Kier molecular flexibility index (Phi) is 7.34. The maximum absolute atomic E-state index is 13.7. The molecule has 178 valence electrons. The molecule has 0 amide bonds. The summed E-state index contributed by atoms with van der Waals surface area (Å²) in [5, 5.41) is 15.9. The van der Waals surface area contributed by atoms with E-state index in [1.165, 1.54) is 17.8 Å². The summed E-state index contributed by atoms with van der Waals surface area (Å²) >= 11 is 1.47. The third-order valence-corrected chi connectivity index (χ3v) is 7.91. The van der Waals surface area contributed by atoms with Crippen LogP contribution in [0.25, 0.3) is 0 Å². The zero-order valence-corrected chi connectivity index (χ0v) is 20.6. The van der Waals surface area contributed by atoms with Gasteiger partial charge in [-0.05, 0) is 65.1 Å². The van der Waals surface area contributed by atoms with Crippen LogP contribution >= 0.6 is 21.2 Å². The fraction of sp³-hybridized carbons (Fsp3) is 0.545. The molecule has 2 aliphatic rings. The van der Waals surface area contributed by atoms with Gasteiger partial charge in [-0.3, -0.25) is 10.1 Å². The predicted octanol–water partition coefficient (Wildman–Crippen LogP) is 5.92. The molecule has 4 rings (SSSR count). The van der Waals surface area contributed by atoms with Gasteiger partial charge in [0.25, 0.3) is 0 Å². The van der Waals surface area contributed by atoms with Gasteiger partial charge in [-0.2, -0.15) is 9.97 Å². The van der Waals surface area contributed by atoms with Crippen molar-refractivity contribution in [1.82, 2.24) is 9.97 Å². The summed E-state index contributed by atoms with van der Waals surface area (Å²) in [6.07, 6.45) is 4.55. The number of nitro groups is 1. The Hall–Kier alpha value is -2.06. The number of nitrogens with zero attached hydrogens (tertiary/aromatic N) is 4. The minimum absolute atomic E-state index is 0.0639. The van der Waals surface area contributed by atoms with Crippen LogP contribution in [0.2, 0.25) is 0 Å². The van der Waals surface area contributed by atoms with Crippen molar-refractivity contribution in [3.05, 3.63) is 45.5 Å². The lowest BCUT2D eigenvalue weighted by molar-refractivity contribution is -0.383. The number of halogens is 2. The Balaban J connectivity index is 1.65. The molecule has 2 unspecified atom stereocenters. The number of anilines is 2. The van der Waals surface area contributed by atoms with Crippen LogP contribution in [0.5, 0.6) is 0 Å². The molecule has 0 radical (unpaired) electrons. The van der Waals surface area contributed by atoms with Crippen molar-refractivity contribution in [1.29, 1.82) is 0 Å². The van der Waals surface area contributed by atoms with Gasteiger partial charge in [-0.25, -0.2) is 8.78 Å². The van der Waals surface area contributed by atoms with Gasteiger partial charge in [0, 0.05) is 23.8 Å². The van der Waals surface area contributed by atoms with E-state index in [1.54, 1.807) is 10.7 Å². The van der Waals surface area contributed by atoms with Crippen molar-refractivity contribution in [2.24, 2.45) is 5.92 Å². The van der Waals surface area contributed by atoms with E-state index in [-0.39, 0.29) is 35.3 Å². The van der Waals surface area contributed by atoms with E-state index in [1.807, 2.05) is 0 Å². The van der Waals surface area contributed by atoms with Gasteiger partial charge >= 0.3 is 5.69 Å². The SMILES string of the molecule is CCCSc1nc(N[C@H]2CCC(C)C2)c([N+](=O)[O-])c(N(P)[C@@H]2C[C@H]2c2ccc(F)c(F)c2)n1. The van der Waals surface area contributed by atoms with Crippen molar-refractivity contribution < 1.29 is 13.7 Å². The van der Waals surface area contributed by atoms with E-state index in [4.69, 9.17) is 0 Å². The van der Waals surface area contributed by atoms with Crippen molar-refractivity contribution in [2.45, 2.75) is 69.1 Å². The Morgan fingerprint density at radius 2 is 2.06 bits per heavy atom. The monoisotopic (exact) mass is 495 g/mol. The van der Waals surface area contributed by atoms with E-state index in [9.17, 15) is 18.9 Å². The fourth-order valence-corrected chi connectivity index (χ4v) is 5.61. The molecule has 2 aliphatic carbocycles. The van der Waals surface area contributed by atoms with Crippen molar-refractivity contribution in [3.8, 4) is 0 Å². The minimum Gasteiger partial charge on any atom is -0.361 e. The largest absolute Gasteiger partial charge is 0.361 e. The number of hydrogen-bond donors (Lipinski definition) is 1. The summed E-state index contributed by atoms with van der Waals surface area (Å²) < 4.78 is 28.8. The van der Waals surface area contributed by atoms with Crippen LogP contribution in [0.4, 0.5) is 26.1 Å². The standard InChI is InChI=1S/C22H28F2N5O2PS/c1-3-8-33-22-26-20(25-14-6-4-12(2)9-14)19(29(30)31)21(27-22)28(32)18-11-15(18)13-5-7-16(23)17(24)10-13/h5,7,10,12,14-15,18H,3-4,6,8-9,11,32H2,1-2H3,(H,25,26,27)/t12?,14-,15-,18+/m0/s1. The molecule has 1 heterocycles. The molecule has 1 aromatic heterocycles. The molecule has 2 aromatic rings. The van der Waals surface area contributed by atoms with Crippen LogP contribution in [0.15, 0.2) is 23.4 Å². The van der Waals surface area contributed by atoms with Crippen molar-refractivity contribution in [2.75, 3.05) is 15.7 Å². The molecule has 0 spiro atoms. The Labute approximate surface area is 198 Å². The molecule has 2 fully saturated rings. The topological polar surface area (TPSA) is 84.2 Å². The van der Waals surface area contributed by atoms with E-state index < -0.39 is 16.6 Å². The van der Waals surface area contributed by atoms with Crippen LogP contribution in [0.3, 0.4) is 0 Å². The zero-order valence-electron chi connectivity index (χ0n) is 18.6. The van der Waals surface area contributed by atoms with Gasteiger partial charge in [0.1, 0.15) is 0 Å². The molecule has 0 bridgehead atoms. The summed E-state index contributed by atoms with van der Waals surface area (Å²) in [7, 11) is 2.54. The average Bonchev–Trinajstić information content (AvgIpc) is 3.48. The molecular formula is C22H28F2N5O2PS. The molecule has 11 heteroatoms. The third-order valence-electron chi connectivity index (χ3n) is 6.23. The second-order valence-electron chi connectivity index (χ2n) is 8.88. The third kappa shape index (κ3) is 5.38. The van der Waals surface area contributed by atoms with Crippen LogP contribution in [-0.2, 0) is 0 Å². The highest BCUT2D eigenvalue weighted by atomic mass is 32.2. The molecular weight excluding hydrogens is 467 g/mol. The first-order valence-electron chi connectivity index (χ1n) is 11.2. The van der Waals surface area contributed by atoms with Gasteiger partial charge in [-0.15, -0.1) is 0 Å². The lowest BCUT2D eigenvalue weighted by Gasteiger charge is -2.21. The fourth-order valence-electron chi connectivity index (χ4n) is 4.41. The maximum Gasteiger partial charge on any atom is 0.353 e.